The molecule has 0 aliphatic carbocycles. The van der Waals surface area contributed by atoms with Crippen molar-refractivity contribution in [3.05, 3.63) is 45.6 Å². The molecule has 2 aromatic heterocycles. The van der Waals surface area contributed by atoms with E-state index in [4.69, 9.17) is 5.11 Å². The van der Waals surface area contributed by atoms with Crippen molar-refractivity contribution in [1.82, 2.24) is 19.0 Å². The Morgan fingerprint density at radius 1 is 1.27 bits per heavy atom. The number of nitrogens with one attached hydrogen (secondary N) is 1. The van der Waals surface area contributed by atoms with Gasteiger partial charge in [-0.25, -0.2) is 0 Å². The van der Waals surface area contributed by atoms with Crippen LogP contribution in [0.15, 0.2) is 30.3 Å². The van der Waals surface area contributed by atoms with E-state index >= 15 is 0 Å². The molecule has 0 bridgehead atoms. The zero-order valence-electron chi connectivity index (χ0n) is 14.2. The molecule has 4 rings (SSSR count). The summed E-state index contributed by atoms with van der Waals surface area (Å²) in [6, 6.07) is 10.6. The lowest BCUT2D eigenvalue weighted by atomic mass is 10.1. The molecule has 0 saturated carbocycles. The van der Waals surface area contributed by atoms with E-state index in [2.05, 4.69) is 37.2 Å². The number of aliphatic hydroxyl groups excluding tert-OH is 1. The van der Waals surface area contributed by atoms with Gasteiger partial charge < -0.3 is 10.4 Å². The fourth-order valence-corrected chi connectivity index (χ4v) is 5.02. The first-order valence-electron chi connectivity index (χ1n) is 8.68. The van der Waals surface area contributed by atoms with Crippen LogP contribution in [0.25, 0.3) is 11.0 Å². The predicted molar refractivity (Wildman–Crippen MR) is 104 cm³/mol. The van der Waals surface area contributed by atoms with Crippen LogP contribution >= 0.6 is 23.1 Å². The van der Waals surface area contributed by atoms with Crippen LogP contribution in [0.4, 0.5) is 0 Å². The highest BCUT2D eigenvalue weighted by atomic mass is 32.1. The highest BCUT2D eigenvalue weighted by Crippen LogP contribution is 2.37. The maximum atomic E-state index is 12.1. The van der Waals surface area contributed by atoms with Crippen molar-refractivity contribution in [2.45, 2.75) is 25.4 Å². The molecule has 1 amide bonds. The number of carbonyl (C=O) groups excluding carboxylic acids is 1. The van der Waals surface area contributed by atoms with E-state index in [9.17, 15) is 4.79 Å². The summed E-state index contributed by atoms with van der Waals surface area (Å²) in [7, 11) is 0. The van der Waals surface area contributed by atoms with Gasteiger partial charge in [0.1, 0.15) is 11.0 Å². The van der Waals surface area contributed by atoms with Gasteiger partial charge in [0, 0.05) is 24.0 Å². The van der Waals surface area contributed by atoms with E-state index in [1.807, 2.05) is 12.1 Å². The predicted octanol–water partition coefficient (Wildman–Crippen LogP) is 2.81. The van der Waals surface area contributed by atoms with Gasteiger partial charge in [0.2, 0.25) is 0 Å². The number of aromatic nitrogens is 2. The van der Waals surface area contributed by atoms with Crippen molar-refractivity contribution in [3.63, 3.8) is 0 Å². The molecule has 0 radical (unpaired) electrons. The maximum absolute atomic E-state index is 12.1. The molecule has 3 heterocycles. The molecule has 1 aromatic carbocycles. The number of carbonyl (C=O) groups is 1. The van der Waals surface area contributed by atoms with Gasteiger partial charge in [0.25, 0.3) is 5.91 Å². The minimum absolute atomic E-state index is 0.0424. The van der Waals surface area contributed by atoms with Crippen LogP contribution in [-0.2, 0) is 6.54 Å². The number of nitrogens with zero attached hydrogens (tertiary/aromatic N) is 3. The lowest BCUT2D eigenvalue weighted by Gasteiger charge is -2.23. The van der Waals surface area contributed by atoms with E-state index in [1.54, 1.807) is 11.3 Å². The van der Waals surface area contributed by atoms with Crippen molar-refractivity contribution < 1.29 is 9.90 Å². The summed E-state index contributed by atoms with van der Waals surface area (Å²) in [5.74, 6) is -0.110. The molecule has 1 aliphatic rings. The molecule has 8 heteroatoms. The quantitative estimate of drug-likeness (QED) is 0.679. The second-order valence-electron chi connectivity index (χ2n) is 6.40. The SMILES string of the molecule is O=C(NCCO)c1ccc([C@@H]2CCCN2Cc2ccc3nsnc3c2)s1. The van der Waals surface area contributed by atoms with E-state index in [0.717, 1.165) is 37.0 Å². The normalized spacial score (nSPS) is 17.8. The summed E-state index contributed by atoms with van der Waals surface area (Å²) in [5.41, 5.74) is 3.16. The Morgan fingerprint density at radius 3 is 3.04 bits per heavy atom. The summed E-state index contributed by atoms with van der Waals surface area (Å²) < 4.78 is 8.59. The maximum Gasteiger partial charge on any atom is 0.261 e. The monoisotopic (exact) mass is 388 g/mol. The molecule has 1 fully saturated rings. The Kier molecular flexibility index (Phi) is 5.26. The van der Waals surface area contributed by atoms with Crippen molar-refractivity contribution in [3.8, 4) is 0 Å². The number of benzene rings is 1. The molecule has 136 valence electrons. The molecule has 1 saturated heterocycles. The van der Waals surface area contributed by atoms with Gasteiger partial charge >= 0.3 is 0 Å². The van der Waals surface area contributed by atoms with Crippen LogP contribution in [0.5, 0.6) is 0 Å². The number of likely N-dealkylation sites (tertiary alicyclic amines) is 1. The minimum atomic E-state index is -0.110. The first-order valence-corrected chi connectivity index (χ1v) is 10.2. The lowest BCUT2D eigenvalue weighted by molar-refractivity contribution is 0.0949. The van der Waals surface area contributed by atoms with Crippen molar-refractivity contribution >= 4 is 40.0 Å². The van der Waals surface area contributed by atoms with Crippen LogP contribution in [0, 0.1) is 0 Å². The number of aliphatic hydroxyl groups is 1. The summed E-state index contributed by atoms with van der Waals surface area (Å²) >= 11 is 2.80. The smallest absolute Gasteiger partial charge is 0.261 e. The molecule has 6 nitrogen and oxygen atoms in total. The van der Waals surface area contributed by atoms with Crippen molar-refractivity contribution in [2.75, 3.05) is 19.7 Å². The first kappa shape index (κ1) is 17.5. The van der Waals surface area contributed by atoms with Crippen LogP contribution in [0.3, 0.4) is 0 Å². The third kappa shape index (κ3) is 3.64. The van der Waals surface area contributed by atoms with Gasteiger partial charge in [-0.2, -0.15) is 8.75 Å². The average molecular weight is 389 g/mol. The third-order valence-corrected chi connectivity index (χ3v) is 6.39. The van der Waals surface area contributed by atoms with Gasteiger partial charge in [0.05, 0.1) is 23.2 Å². The highest BCUT2D eigenvalue weighted by molar-refractivity contribution is 7.14. The summed E-state index contributed by atoms with van der Waals surface area (Å²) in [5, 5.41) is 11.6. The Balaban J connectivity index is 1.47. The largest absolute Gasteiger partial charge is 0.395 e. The summed E-state index contributed by atoms with van der Waals surface area (Å²) in [4.78, 5) is 16.5. The Morgan fingerprint density at radius 2 is 2.15 bits per heavy atom. The molecule has 3 aromatic rings. The van der Waals surface area contributed by atoms with Gasteiger partial charge in [-0.15, -0.1) is 11.3 Å². The average Bonchev–Trinajstić information content (AvgIpc) is 3.38. The van der Waals surface area contributed by atoms with E-state index in [1.165, 1.54) is 22.2 Å². The Hall–Kier alpha value is -1.87. The summed E-state index contributed by atoms with van der Waals surface area (Å²) in [6.45, 7) is 2.18. The zero-order valence-corrected chi connectivity index (χ0v) is 15.9. The molecule has 2 N–H and O–H groups in total. The number of rotatable bonds is 6. The standard InChI is InChI=1S/C18H20N4O2S2/c23-9-7-19-18(24)17-6-5-16(25-17)15-2-1-8-22(15)11-12-3-4-13-14(10-12)21-26-20-13/h3-6,10,15,23H,1-2,7-9,11H2,(H,19,24)/t15-/m0/s1. The van der Waals surface area contributed by atoms with Crippen LogP contribution < -0.4 is 5.32 Å². The van der Waals surface area contributed by atoms with Gasteiger partial charge in [-0.05, 0) is 49.2 Å². The van der Waals surface area contributed by atoms with Crippen LogP contribution in [-0.4, -0.2) is 44.4 Å². The van der Waals surface area contributed by atoms with Gasteiger partial charge in [-0.1, -0.05) is 6.07 Å². The van der Waals surface area contributed by atoms with E-state index in [0.29, 0.717) is 10.9 Å². The third-order valence-electron chi connectivity index (χ3n) is 4.64. The van der Waals surface area contributed by atoms with Crippen LogP contribution in [0.2, 0.25) is 0 Å². The highest BCUT2D eigenvalue weighted by Gasteiger charge is 2.28. The minimum Gasteiger partial charge on any atom is -0.395 e. The van der Waals surface area contributed by atoms with Crippen molar-refractivity contribution in [1.29, 1.82) is 0 Å². The van der Waals surface area contributed by atoms with Crippen LogP contribution in [0.1, 0.15) is 39.0 Å². The Bertz CT molecular complexity index is 907. The number of amides is 1. The fourth-order valence-electron chi connectivity index (χ4n) is 3.41. The molecular formula is C18H20N4O2S2. The number of hydrogen-bond donors (Lipinski definition) is 2. The zero-order chi connectivity index (χ0) is 17.9. The number of fused-ring (bicyclic) bond motifs is 1. The van der Waals surface area contributed by atoms with E-state index in [-0.39, 0.29) is 19.1 Å². The van der Waals surface area contributed by atoms with Gasteiger partial charge in [0.15, 0.2) is 0 Å². The molecular weight excluding hydrogens is 368 g/mol. The topological polar surface area (TPSA) is 78.4 Å². The number of hydrogen-bond acceptors (Lipinski definition) is 7. The van der Waals surface area contributed by atoms with E-state index < -0.39 is 0 Å². The second kappa shape index (κ2) is 7.79. The van der Waals surface area contributed by atoms with Gasteiger partial charge in [-0.3, -0.25) is 9.69 Å². The molecule has 26 heavy (non-hydrogen) atoms. The van der Waals surface area contributed by atoms with Crippen molar-refractivity contribution in [2.24, 2.45) is 0 Å². The lowest BCUT2D eigenvalue weighted by Crippen LogP contribution is -2.25. The number of thiophene rings is 1. The molecule has 1 atom stereocenters. The summed E-state index contributed by atoms with van der Waals surface area (Å²) in [6.07, 6.45) is 2.27. The molecule has 0 spiro atoms. The second-order valence-corrected chi connectivity index (χ2v) is 8.04. The first-order chi connectivity index (χ1) is 12.7. The molecule has 1 aliphatic heterocycles. The Labute approximate surface area is 159 Å². The molecule has 0 unspecified atom stereocenters. The fraction of sp³-hybridized carbons (Fsp3) is 0.389.